The molecule has 1 aromatic rings. The maximum Gasteiger partial charge on any atom is 0.226 e. The van der Waals surface area contributed by atoms with Gasteiger partial charge in [0.25, 0.3) is 0 Å². The third kappa shape index (κ3) is 2.59. The molecule has 4 heteroatoms. The lowest BCUT2D eigenvalue weighted by molar-refractivity contribution is 0.102. The van der Waals surface area contributed by atoms with Crippen molar-refractivity contribution in [2.75, 3.05) is 6.61 Å². The molecule has 0 atom stereocenters. The maximum atomic E-state index is 10.9. The average molecular weight is 184 g/mol. The molecule has 72 valence electrons. The normalized spacial score (nSPS) is 10.2. The van der Waals surface area contributed by atoms with Crippen LogP contribution in [0.15, 0.2) is 21.5 Å². The van der Waals surface area contributed by atoms with Crippen LogP contribution < -0.4 is 5.43 Å². The van der Waals surface area contributed by atoms with Gasteiger partial charge in [0.15, 0.2) is 5.76 Å². The van der Waals surface area contributed by atoms with Gasteiger partial charge in [-0.25, -0.2) is 0 Å². The molecule has 1 N–H and O–H groups in total. The van der Waals surface area contributed by atoms with Crippen molar-refractivity contribution < 1.29 is 14.3 Å². The van der Waals surface area contributed by atoms with Crippen LogP contribution in [0, 0.1) is 0 Å². The van der Waals surface area contributed by atoms with Crippen LogP contribution in [0.1, 0.15) is 19.1 Å². The minimum absolute atomic E-state index is 0.135. The molecule has 0 aliphatic rings. The predicted molar refractivity (Wildman–Crippen MR) is 46.6 cm³/mol. The van der Waals surface area contributed by atoms with E-state index in [1.807, 2.05) is 6.92 Å². The van der Waals surface area contributed by atoms with Crippen LogP contribution in [0.4, 0.5) is 0 Å². The molecule has 1 heterocycles. The number of rotatable bonds is 4. The Morgan fingerprint density at radius 2 is 2.38 bits per heavy atom. The average Bonchev–Trinajstić information content (AvgIpc) is 2.13. The smallest absolute Gasteiger partial charge is 0.226 e. The summed E-state index contributed by atoms with van der Waals surface area (Å²) < 4.78 is 10.0. The maximum absolute atomic E-state index is 10.9. The molecule has 13 heavy (non-hydrogen) atoms. The third-order valence-electron chi connectivity index (χ3n) is 1.51. The van der Waals surface area contributed by atoms with Gasteiger partial charge in [-0.05, 0) is 6.42 Å². The Hall–Kier alpha value is -1.29. The van der Waals surface area contributed by atoms with Gasteiger partial charge in [-0.3, -0.25) is 4.79 Å². The first-order valence-corrected chi connectivity index (χ1v) is 4.13. The molecular weight excluding hydrogens is 172 g/mol. The molecule has 0 amide bonds. The monoisotopic (exact) mass is 184 g/mol. The molecule has 0 unspecified atom stereocenters. The Balaban J connectivity index is 2.66. The summed E-state index contributed by atoms with van der Waals surface area (Å²) in [6.07, 6.45) is 2.13. The molecular formula is C9H12O4. The fourth-order valence-corrected chi connectivity index (χ4v) is 0.862. The second kappa shape index (κ2) is 4.67. The van der Waals surface area contributed by atoms with Gasteiger partial charge in [-0.2, -0.15) is 0 Å². The van der Waals surface area contributed by atoms with E-state index in [2.05, 4.69) is 0 Å². The molecule has 0 aromatic carbocycles. The molecule has 0 aliphatic carbocycles. The van der Waals surface area contributed by atoms with Crippen LogP contribution in [-0.2, 0) is 11.3 Å². The summed E-state index contributed by atoms with van der Waals surface area (Å²) in [4.78, 5) is 10.9. The van der Waals surface area contributed by atoms with Crippen LogP contribution in [0.3, 0.4) is 0 Å². The lowest BCUT2D eigenvalue weighted by atomic mass is 10.3. The molecule has 0 aliphatic heterocycles. The van der Waals surface area contributed by atoms with E-state index in [1.54, 1.807) is 0 Å². The van der Waals surface area contributed by atoms with Gasteiger partial charge < -0.3 is 14.3 Å². The van der Waals surface area contributed by atoms with Gasteiger partial charge >= 0.3 is 0 Å². The van der Waals surface area contributed by atoms with Crippen LogP contribution in [0.5, 0.6) is 5.75 Å². The number of aromatic hydroxyl groups is 1. The van der Waals surface area contributed by atoms with E-state index in [4.69, 9.17) is 9.15 Å². The molecule has 0 saturated carbocycles. The first kappa shape index (κ1) is 9.80. The Labute approximate surface area is 75.8 Å². The van der Waals surface area contributed by atoms with E-state index < -0.39 is 5.43 Å². The summed E-state index contributed by atoms with van der Waals surface area (Å²) in [6, 6.07) is 1.17. The van der Waals surface area contributed by atoms with Crippen molar-refractivity contribution in [3.05, 3.63) is 28.3 Å². The van der Waals surface area contributed by atoms with Gasteiger partial charge in [0.05, 0.1) is 6.26 Å². The van der Waals surface area contributed by atoms with Crippen LogP contribution in [0.2, 0.25) is 0 Å². The van der Waals surface area contributed by atoms with Gasteiger partial charge in [-0.1, -0.05) is 6.92 Å². The fourth-order valence-electron chi connectivity index (χ4n) is 0.862. The number of ether oxygens (including phenoxy) is 1. The largest absolute Gasteiger partial charge is 0.502 e. The highest BCUT2D eigenvalue weighted by Gasteiger charge is 2.06. The Morgan fingerprint density at radius 3 is 3.08 bits per heavy atom. The zero-order valence-electron chi connectivity index (χ0n) is 7.45. The highest BCUT2D eigenvalue weighted by atomic mass is 16.5. The van der Waals surface area contributed by atoms with Crippen molar-refractivity contribution in [2.24, 2.45) is 0 Å². The molecule has 0 radical (unpaired) electrons. The highest BCUT2D eigenvalue weighted by molar-refractivity contribution is 5.21. The zero-order chi connectivity index (χ0) is 9.68. The SMILES string of the molecule is CCCOCc1occc(=O)c1O. The van der Waals surface area contributed by atoms with Crippen molar-refractivity contribution in [3.63, 3.8) is 0 Å². The van der Waals surface area contributed by atoms with E-state index in [9.17, 15) is 9.90 Å². The summed E-state index contributed by atoms with van der Waals surface area (Å²) in [5.74, 6) is -0.181. The molecule has 1 rings (SSSR count). The standard InChI is InChI=1S/C9H12O4/c1-2-4-12-6-8-9(11)7(10)3-5-13-8/h3,5,11H,2,4,6H2,1H3. The van der Waals surface area contributed by atoms with Crippen molar-refractivity contribution in [1.29, 1.82) is 0 Å². The summed E-state index contributed by atoms with van der Waals surface area (Å²) in [5, 5.41) is 9.21. The first-order valence-electron chi connectivity index (χ1n) is 4.13. The lowest BCUT2D eigenvalue weighted by Crippen LogP contribution is -2.02. The van der Waals surface area contributed by atoms with Crippen molar-refractivity contribution in [3.8, 4) is 5.75 Å². The summed E-state index contributed by atoms with van der Waals surface area (Å²) in [6.45, 7) is 2.69. The summed E-state index contributed by atoms with van der Waals surface area (Å²) in [5.41, 5.74) is -0.443. The number of hydrogen-bond donors (Lipinski definition) is 1. The topological polar surface area (TPSA) is 59.7 Å². The molecule has 0 saturated heterocycles. The Kier molecular flexibility index (Phi) is 3.52. The van der Waals surface area contributed by atoms with E-state index in [1.165, 1.54) is 12.3 Å². The number of hydrogen-bond acceptors (Lipinski definition) is 4. The minimum Gasteiger partial charge on any atom is -0.502 e. The molecule has 0 fully saturated rings. The fraction of sp³-hybridized carbons (Fsp3) is 0.444. The summed E-state index contributed by atoms with van der Waals surface area (Å²) in [7, 11) is 0. The van der Waals surface area contributed by atoms with Gasteiger partial charge in [-0.15, -0.1) is 0 Å². The van der Waals surface area contributed by atoms with Crippen molar-refractivity contribution in [2.45, 2.75) is 20.0 Å². The quantitative estimate of drug-likeness (QED) is 0.716. The van der Waals surface area contributed by atoms with Gasteiger partial charge in [0.2, 0.25) is 11.2 Å². The second-order valence-corrected chi connectivity index (χ2v) is 2.61. The zero-order valence-corrected chi connectivity index (χ0v) is 7.45. The molecule has 4 nitrogen and oxygen atoms in total. The lowest BCUT2D eigenvalue weighted by Gasteiger charge is -2.02. The van der Waals surface area contributed by atoms with Crippen molar-refractivity contribution in [1.82, 2.24) is 0 Å². The molecule has 1 aromatic heterocycles. The van der Waals surface area contributed by atoms with Gasteiger partial charge in [0, 0.05) is 12.7 Å². The highest BCUT2D eigenvalue weighted by Crippen LogP contribution is 2.11. The van der Waals surface area contributed by atoms with Crippen LogP contribution in [-0.4, -0.2) is 11.7 Å². The van der Waals surface area contributed by atoms with Crippen molar-refractivity contribution >= 4 is 0 Å². The Bertz CT molecular complexity index is 316. The third-order valence-corrected chi connectivity index (χ3v) is 1.51. The Morgan fingerprint density at radius 1 is 1.62 bits per heavy atom. The predicted octanol–water partition coefficient (Wildman–Crippen LogP) is 1.27. The minimum atomic E-state index is -0.443. The van der Waals surface area contributed by atoms with E-state index in [0.29, 0.717) is 6.61 Å². The van der Waals surface area contributed by atoms with Crippen LogP contribution in [0.25, 0.3) is 0 Å². The van der Waals surface area contributed by atoms with E-state index in [-0.39, 0.29) is 18.1 Å². The second-order valence-electron chi connectivity index (χ2n) is 2.61. The van der Waals surface area contributed by atoms with E-state index in [0.717, 1.165) is 6.42 Å². The van der Waals surface area contributed by atoms with E-state index >= 15 is 0 Å². The summed E-state index contributed by atoms with van der Waals surface area (Å²) >= 11 is 0. The molecule has 0 spiro atoms. The first-order chi connectivity index (χ1) is 6.25. The van der Waals surface area contributed by atoms with Gasteiger partial charge in [0.1, 0.15) is 6.61 Å². The molecule has 0 bridgehead atoms. The van der Waals surface area contributed by atoms with Crippen LogP contribution >= 0.6 is 0 Å².